The quantitative estimate of drug-likeness (QED) is 0.879. The Bertz CT molecular complexity index is 419. The van der Waals surface area contributed by atoms with E-state index < -0.39 is 0 Å². The Hall–Kier alpha value is -1.18. The maximum atomic E-state index is 3.54. The molecule has 19 heavy (non-hydrogen) atoms. The number of aryl methyl sites for hydroxylation is 1. The highest BCUT2D eigenvalue weighted by Crippen LogP contribution is 2.30. The minimum Gasteiger partial charge on any atom is -0.385 e. The molecule has 2 aliphatic heterocycles. The number of benzene rings is 1. The molecule has 0 radical (unpaired) electrons. The van der Waals surface area contributed by atoms with Gasteiger partial charge in [0.1, 0.15) is 0 Å². The van der Waals surface area contributed by atoms with E-state index in [1.165, 1.54) is 68.6 Å². The number of hydrogen-bond donors (Lipinski definition) is 1. The smallest absolute Gasteiger partial charge is 0.0393 e. The predicted molar refractivity (Wildman–Crippen MR) is 83.1 cm³/mol. The topological polar surface area (TPSA) is 15.3 Å². The van der Waals surface area contributed by atoms with Crippen LogP contribution in [-0.2, 0) is 6.42 Å². The summed E-state index contributed by atoms with van der Waals surface area (Å²) in [6, 6.07) is 7.02. The van der Waals surface area contributed by atoms with Crippen LogP contribution in [0, 0.1) is 5.92 Å². The Balaban J connectivity index is 1.66. The highest BCUT2D eigenvalue weighted by atomic mass is 15.1. The molecular formula is C17H26N2. The first-order valence-electron chi connectivity index (χ1n) is 7.98. The lowest BCUT2D eigenvalue weighted by Gasteiger charge is -2.34. The van der Waals surface area contributed by atoms with E-state index in [-0.39, 0.29) is 0 Å². The molecule has 0 saturated carbocycles. The summed E-state index contributed by atoms with van der Waals surface area (Å²) in [6.45, 7) is 5.92. The van der Waals surface area contributed by atoms with E-state index in [1.54, 1.807) is 0 Å². The predicted octanol–water partition coefficient (Wildman–Crippen LogP) is 4.06. The van der Waals surface area contributed by atoms with Crippen LogP contribution in [0.1, 0.15) is 44.6 Å². The number of hydrogen-bond acceptors (Lipinski definition) is 2. The molecule has 1 aromatic rings. The average molecular weight is 258 g/mol. The maximum Gasteiger partial charge on any atom is 0.0393 e. The van der Waals surface area contributed by atoms with Gasteiger partial charge in [-0.05, 0) is 49.3 Å². The Morgan fingerprint density at radius 1 is 1.26 bits per heavy atom. The molecule has 2 nitrogen and oxygen atoms in total. The van der Waals surface area contributed by atoms with Gasteiger partial charge in [0.05, 0.1) is 0 Å². The second-order valence-corrected chi connectivity index (χ2v) is 6.09. The van der Waals surface area contributed by atoms with E-state index in [0.717, 1.165) is 12.5 Å². The zero-order valence-corrected chi connectivity index (χ0v) is 12.1. The van der Waals surface area contributed by atoms with Gasteiger partial charge in [-0.15, -0.1) is 0 Å². The number of nitrogens with one attached hydrogen (secondary N) is 1. The highest BCUT2D eigenvalue weighted by molar-refractivity contribution is 5.63. The lowest BCUT2D eigenvalue weighted by Crippen LogP contribution is -2.33. The average Bonchev–Trinajstić information content (AvgIpc) is 2.48. The summed E-state index contributed by atoms with van der Waals surface area (Å²) >= 11 is 0. The lowest BCUT2D eigenvalue weighted by molar-refractivity contribution is 0.378. The fourth-order valence-electron chi connectivity index (χ4n) is 3.53. The van der Waals surface area contributed by atoms with Crippen molar-refractivity contribution < 1.29 is 0 Å². The van der Waals surface area contributed by atoms with Gasteiger partial charge in [-0.2, -0.15) is 0 Å². The highest BCUT2D eigenvalue weighted by Gasteiger charge is 2.19. The van der Waals surface area contributed by atoms with E-state index in [9.17, 15) is 0 Å². The first-order valence-corrected chi connectivity index (χ1v) is 7.98. The van der Waals surface area contributed by atoms with Crippen LogP contribution in [0.4, 0.5) is 11.4 Å². The van der Waals surface area contributed by atoms with Crippen molar-refractivity contribution in [3.63, 3.8) is 0 Å². The van der Waals surface area contributed by atoms with Crippen LogP contribution in [0.25, 0.3) is 0 Å². The Morgan fingerprint density at radius 2 is 2.11 bits per heavy atom. The third-order valence-electron chi connectivity index (χ3n) is 4.71. The standard InChI is InChI=1S/C17H26N2/c1-2-4-14-8-11-19(12-9-14)16-7-6-15-5-3-10-18-17(15)13-16/h6-7,13-14,18H,2-5,8-12H2,1H3. The van der Waals surface area contributed by atoms with Crippen LogP contribution >= 0.6 is 0 Å². The second-order valence-electron chi connectivity index (χ2n) is 6.09. The summed E-state index contributed by atoms with van der Waals surface area (Å²) in [7, 11) is 0. The van der Waals surface area contributed by atoms with Gasteiger partial charge in [0.25, 0.3) is 0 Å². The van der Waals surface area contributed by atoms with Crippen LogP contribution in [-0.4, -0.2) is 19.6 Å². The minimum absolute atomic E-state index is 0.969. The van der Waals surface area contributed by atoms with Gasteiger partial charge in [-0.1, -0.05) is 25.8 Å². The van der Waals surface area contributed by atoms with E-state index in [1.807, 2.05) is 0 Å². The summed E-state index contributed by atoms with van der Waals surface area (Å²) < 4.78 is 0. The van der Waals surface area contributed by atoms with Gasteiger partial charge in [-0.3, -0.25) is 0 Å². The van der Waals surface area contributed by atoms with Gasteiger partial charge in [-0.25, -0.2) is 0 Å². The van der Waals surface area contributed by atoms with E-state index >= 15 is 0 Å². The van der Waals surface area contributed by atoms with E-state index in [0.29, 0.717) is 0 Å². The summed E-state index contributed by atoms with van der Waals surface area (Å²) in [5.74, 6) is 0.969. The van der Waals surface area contributed by atoms with E-state index in [2.05, 4.69) is 35.3 Å². The first kappa shape index (κ1) is 12.8. The molecule has 3 rings (SSSR count). The second kappa shape index (κ2) is 5.85. The van der Waals surface area contributed by atoms with Gasteiger partial charge >= 0.3 is 0 Å². The summed E-state index contributed by atoms with van der Waals surface area (Å²) in [4.78, 5) is 2.57. The van der Waals surface area contributed by atoms with Crippen molar-refractivity contribution in [2.45, 2.75) is 45.4 Å². The minimum atomic E-state index is 0.969. The number of nitrogens with zero attached hydrogens (tertiary/aromatic N) is 1. The van der Waals surface area contributed by atoms with Gasteiger partial charge in [0, 0.05) is 31.0 Å². The SMILES string of the molecule is CCCC1CCN(c2ccc3c(c2)NCCC3)CC1. The molecule has 1 fully saturated rings. The van der Waals surface area contributed by atoms with Crippen molar-refractivity contribution in [1.29, 1.82) is 0 Å². The van der Waals surface area contributed by atoms with Crippen molar-refractivity contribution in [3.8, 4) is 0 Å². The molecule has 0 bridgehead atoms. The molecule has 1 N–H and O–H groups in total. The number of rotatable bonds is 3. The monoisotopic (exact) mass is 258 g/mol. The molecular weight excluding hydrogens is 232 g/mol. The Morgan fingerprint density at radius 3 is 2.89 bits per heavy atom. The fourth-order valence-corrected chi connectivity index (χ4v) is 3.53. The van der Waals surface area contributed by atoms with Crippen molar-refractivity contribution in [2.75, 3.05) is 29.9 Å². The molecule has 0 spiro atoms. The van der Waals surface area contributed by atoms with Crippen molar-refractivity contribution >= 4 is 11.4 Å². The molecule has 0 atom stereocenters. The van der Waals surface area contributed by atoms with Crippen LogP contribution in [0.3, 0.4) is 0 Å². The Labute approximate surface area is 117 Å². The van der Waals surface area contributed by atoms with Crippen LogP contribution in [0.5, 0.6) is 0 Å². The molecule has 2 heterocycles. The van der Waals surface area contributed by atoms with Crippen LogP contribution in [0.2, 0.25) is 0 Å². The third-order valence-corrected chi connectivity index (χ3v) is 4.71. The lowest BCUT2D eigenvalue weighted by atomic mass is 9.92. The van der Waals surface area contributed by atoms with E-state index in [4.69, 9.17) is 0 Å². The molecule has 2 heteroatoms. The Kier molecular flexibility index (Phi) is 3.95. The summed E-state index contributed by atoms with van der Waals surface area (Å²) in [6.07, 6.45) is 8.01. The number of anilines is 2. The molecule has 1 saturated heterocycles. The van der Waals surface area contributed by atoms with Crippen molar-refractivity contribution in [3.05, 3.63) is 23.8 Å². The molecule has 0 unspecified atom stereocenters. The zero-order valence-electron chi connectivity index (χ0n) is 12.1. The normalized spacial score (nSPS) is 19.9. The molecule has 0 amide bonds. The summed E-state index contributed by atoms with van der Waals surface area (Å²) in [5, 5.41) is 3.54. The molecule has 104 valence electrons. The van der Waals surface area contributed by atoms with Crippen LogP contribution < -0.4 is 10.2 Å². The van der Waals surface area contributed by atoms with Gasteiger partial charge in [0.15, 0.2) is 0 Å². The maximum absolute atomic E-state index is 3.54. The largest absolute Gasteiger partial charge is 0.385 e. The number of fused-ring (bicyclic) bond motifs is 1. The number of piperidine rings is 1. The first-order chi connectivity index (χ1) is 9.36. The molecule has 0 aliphatic carbocycles. The third kappa shape index (κ3) is 2.88. The molecule has 2 aliphatic rings. The van der Waals surface area contributed by atoms with Gasteiger partial charge in [0.2, 0.25) is 0 Å². The van der Waals surface area contributed by atoms with Crippen molar-refractivity contribution in [2.24, 2.45) is 5.92 Å². The fraction of sp³-hybridized carbons (Fsp3) is 0.647. The zero-order chi connectivity index (χ0) is 13.1. The van der Waals surface area contributed by atoms with Crippen molar-refractivity contribution in [1.82, 2.24) is 0 Å². The van der Waals surface area contributed by atoms with Crippen LogP contribution in [0.15, 0.2) is 18.2 Å². The molecule has 1 aromatic carbocycles. The summed E-state index contributed by atoms with van der Waals surface area (Å²) in [5.41, 5.74) is 4.29. The van der Waals surface area contributed by atoms with Gasteiger partial charge < -0.3 is 10.2 Å². The molecule has 0 aromatic heterocycles.